The summed E-state index contributed by atoms with van der Waals surface area (Å²) in [5.41, 5.74) is 0. The second-order valence-corrected chi connectivity index (χ2v) is 1.06. The van der Waals surface area contributed by atoms with Gasteiger partial charge in [-0.25, -0.2) is 0 Å². The molecule has 2 N–H and O–H groups in total. The van der Waals surface area contributed by atoms with Crippen molar-refractivity contribution in [2.45, 2.75) is 0 Å². The van der Waals surface area contributed by atoms with Crippen LogP contribution in [0.25, 0.3) is 0 Å². The molecule has 0 atom stereocenters. The van der Waals surface area contributed by atoms with Crippen LogP contribution < -0.4 is 10.2 Å². The van der Waals surface area contributed by atoms with Gasteiger partial charge in [-0.3, -0.25) is 0 Å². The molecule has 0 heterocycles. The van der Waals surface area contributed by atoms with Crippen molar-refractivity contribution in [3.63, 3.8) is 0 Å². The van der Waals surface area contributed by atoms with E-state index in [1.165, 1.54) is 0 Å². The third-order valence-electron chi connectivity index (χ3n) is 0.258. The van der Waals surface area contributed by atoms with E-state index in [1.54, 1.807) is 0 Å². The zero-order valence-electron chi connectivity index (χ0n) is 5.65. The Morgan fingerprint density at radius 3 is 1.09 bits per heavy atom. The summed E-state index contributed by atoms with van der Waals surface area (Å²) < 4.78 is 0. The van der Waals surface area contributed by atoms with Gasteiger partial charge in [-0.2, -0.15) is 0 Å². The van der Waals surface area contributed by atoms with E-state index in [2.05, 4.69) is 0 Å². The summed E-state index contributed by atoms with van der Waals surface area (Å²) in [6, 6.07) is 0. The molecular weight excluding hydrogens is 153 g/mol. The predicted molar refractivity (Wildman–Crippen MR) is 29.9 cm³/mol. The fraction of sp³-hybridized carbons (Fsp3) is 0.500. The maximum Gasteiger partial charge on any atom is 2.00 e. The molecule has 0 radical (unpaired) electrons. The fourth-order valence-electron chi connectivity index (χ4n) is 0. The molecule has 0 saturated carbocycles. The van der Waals surface area contributed by atoms with Gasteiger partial charge in [0.05, 0.1) is 25.2 Å². The number of carboxylic acid groups (broad SMARTS) is 2. The standard InChI is InChI=1S/2C2H4O3.Be/c2*3-1-2(4)5;/h2*3H,1H2,(H,4,5);/q;;+2/p-2. The first-order valence-corrected chi connectivity index (χ1v) is 2.16. The van der Waals surface area contributed by atoms with Crippen LogP contribution in [0.2, 0.25) is 0 Å². The van der Waals surface area contributed by atoms with Gasteiger partial charge in [0.25, 0.3) is 0 Å². The molecule has 60 valence electrons. The summed E-state index contributed by atoms with van der Waals surface area (Å²) in [5.74, 6) is -2.88. The third-order valence-corrected chi connectivity index (χ3v) is 0.258. The number of hydrogen-bond donors (Lipinski definition) is 2. The largest absolute Gasteiger partial charge is 2.00 e. The second-order valence-electron chi connectivity index (χ2n) is 1.06. The molecular formula is C4H6BeO6. The van der Waals surface area contributed by atoms with Crippen molar-refractivity contribution in [1.29, 1.82) is 0 Å². The van der Waals surface area contributed by atoms with E-state index in [0.29, 0.717) is 0 Å². The molecule has 0 fully saturated rings. The Hall–Kier alpha value is -0.971. The topological polar surface area (TPSA) is 121 Å². The van der Waals surface area contributed by atoms with Crippen molar-refractivity contribution in [2.75, 3.05) is 13.2 Å². The van der Waals surface area contributed by atoms with Crippen LogP contribution in [-0.2, 0) is 9.59 Å². The molecule has 0 aliphatic carbocycles. The molecule has 0 saturated heterocycles. The molecule has 7 heteroatoms. The molecule has 0 unspecified atom stereocenters. The summed E-state index contributed by atoms with van der Waals surface area (Å²) in [7, 11) is 0. The maximum atomic E-state index is 9.01. The normalized spacial score (nSPS) is 6.73. The van der Waals surface area contributed by atoms with E-state index in [9.17, 15) is 0 Å². The van der Waals surface area contributed by atoms with Crippen molar-refractivity contribution in [1.82, 2.24) is 0 Å². The van der Waals surface area contributed by atoms with Gasteiger partial charge in [0.1, 0.15) is 0 Å². The Kier molecular flexibility index (Phi) is 17.7. The number of carbonyl (C=O) groups is 2. The van der Waals surface area contributed by atoms with Gasteiger partial charge in [-0.15, -0.1) is 0 Å². The van der Waals surface area contributed by atoms with E-state index in [4.69, 9.17) is 30.0 Å². The molecule has 0 spiro atoms. The first-order valence-electron chi connectivity index (χ1n) is 2.16. The molecule has 11 heavy (non-hydrogen) atoms. The molecule has 0 rings (SSSR count). The summed E-state index contributed by atoms with van der Waals surface area (Å²) in [5, 5.41) is 33.0. The van der Waals surface area contributed by atoms with Crippen LogP contribution in [0.5, 0.6) is 0 Å². The van der Waals surface area contributed by atoms with Crippen molar-refractivity contribution in [2.24, 2.45) is 0 Å². The van der Waals surface area contributed by atoms with Gasteiger partial charge in [0, 0.05) is 0 Å². The first-order chi connectivity index (χ1) is 4.54. The second kappa shape index (κ2) is 11.8. The summed E-state index contributed by atoms with van der Waals surface area (Å²) >= 11 is 0. The van der Waals surface area contributed by atoms with Crippen molar-refractivity contribution < 1.29 is 30.0 Å². The van der Waals surface area contributed by atoms with Crippen LogP contribution in [0.15, 0.2) is 0 Å². The zero-order chi connectivity index (χ0) is 8.57. The van der Waals surface area contributed by atoms with Gasteiger partial charge in [0.2, 0.25) is 0 Å². The van der Waals surface area contributed by atoms with Gasteiger partial charge < -0.3 is 30.0 Å². The first kappa shape index (κ1) is 16.5. The molecule has 0 aromatic rings. The number of aliphatic hydroxyl groups is 2. The Balaban J connectivity index is -0.000000107. The zero-order valence-corrected chi connectivity index (χ0v) is 5.65. The minimum Gasteiger partial charge on any atom is -0.548 e. The van der Waals surface area contributed by atoms with Crippen LogP contribution >= 0.6 is 0 Å². The summed E-state index contributed by atoms with van der Waals surface area (Å²) in [6.07, 6.45) is 0. The Labute approximate surface area is 66.3 Å². The monoisotopic (exact) mass is 159 g/mol. The quantitative estimate of drug-likeness (QED) is 0.389. The molecule has 0 bridgehead atoms. The number of carboxylic acids is 2. The SMILES string of the molecule is O=C([O-])CO.O=C([O-])CO.[Be+2]. The average molecular weight is 159 g/mol. The maximum absolute atomic E-state index is 9.01. The number of rotatable bonds is 2. The number of carbonyl (C=O) groups excluding carboxylic acids is 2. The van der Waals surface area contributed by atoms with Crippen molar-refractivity contribution in [3.8, 4) is 0 Å². The van der Waals surface area contributed by atoms with E-state index in [-0.39, 0.29) is 10.1 Å². The van der Waals surface area contributed by atoms with Crippen LogP contribution in [0.1, 0.15) is 0 Å². The van der Waals surface area contributed by atoms with Crippen LogP contribution in [0.4, 0.5) is 0 Å². The molecule has 0 aliphatic rings. The van der Waals surface area contributed by atoms with Gasteiger partial charge in [-0.05, 0) is 0 Å². The minimum atomic E-state index is -1.44. The average Bonchev–Trinajstić information content (AvgIpc) is 1.89. The fourth-order valence-corrected chi connectivity index (χ4v) is 0. The number of aliphatic carboxylic acids is 2. The molecule has 0 aromatic carbocycles. The summed E-state index contributed by atoms with van der Waals surface area (Å²) in [6.45, 7) is -1.78. The molecule has 6 nitrogen and oxygen atoms in total. The molecule has 0 aliphatic heterocycles. The van der Waals surface area contributed by atoms with E-state index in [0.717, 1.165) is 0 Å². The van der Waals surface area contributed by atoms with Crippen LogP contribution in [-0.4, -0.2) is 45.5 Å². The minimum absolute atomic E-state index is 0. The van der Waals surface area contributed by atoms with E-state index in [1.807, 2.05) is 0 Å². The van der Waals surface area contributed by atoms with Crippen molar-refractivity contribution >= 4 is 22.1 Å². The van der Waals surface area contributed by atoms with Gasteiger partial charge >= 0.3 is 10.1 Å². The number of aliphatic hydroxyl groups excluding tert-OH is 2. The van der Waals surface area contributed by atoms with E-state index < -0.39 is 25.2 Å². The molecule has 0 aromatic heterocycles. The van der Waals surface area contributed by atoms with E-state index >= 15 is 0 Å². The van der Waals surface area contributed by atoms with Crippen LogP contribution in [0.3, 0.4) is 0 Å². The number of hydrogen-bond acceptors (Lipinski definition) is 6. The van der Waals surface area contributed by atoms with Crippen LogP contribution in [0, 0.1) is 0 Å². The Bertz CT molecular complexity index is 99.1. The third kappa shape index (κ3) is 48.6. The predicted octanol–water partition coefficient (Wildman–Crippen LogP) is -4.92. The summed E-state index contributed by atoms with van der Waals surface area (Å²) in [4.78, 5) is 18.0. The van der Waals surface area contributed by atoms with Gasteiger partial charge in [-0.1, -0.05) is 0 Å². The van der Waals surface area contributed by atoms with Gasteiger partial charge in [0.15, 0.2) is 0 Å². The Morgan fingerprint density at radius 1 is 1.00 bits per heavy atom. The smallest absolute Gasteiger partial charge is 0.548 e. The van der Waals surface area contributed by atoms with Crippen molar-refractivity contribution in [3.05, 3.63) is 0 Å². The molecule has 0 amide bonds. The Morgan fingerprint density at radius 2 is 1.09 bits per heavy atom.